The van der Waals surface area contributed by atoms with Gasteiger partial charge in [0, 0.05) is 35.5 Å². The Morgan fingerprint density at radius 1 is 0.886 bits per heavy atom. The Morgan fingerprint density at radius 2 is 1.54 bits per heavy atom. The maximum absolute atomic E-state index is 13.0. The minimum Gasteiger partial charge on any atom is -0.484 e. The molecule has 4 rings (SSSR count). The van der Waals surface area contributed by atoms with Crippen molar-refractivity contribution >= 4 is 17.5 Å². The first-order valence-corrected chi connectivity index (χ1v) is 11.3. The zero-order valence-electron chi connectivity index (χ0n) is 19.6. The fraction of sp³-hybridized carbons (Fsp3) is 0.192. The zero-order chi connectivity index (χ0) is 24.6. The molecule has 0 saturated carbocycles. The maximum atomic E-state index is 13.0. The van der Waals surface area contributed by atoms with Crippen molar-refractivity contribution in [2.45, 2.75) is 13.8 Å². The molecule has 0 aliphatic rings. The van der Waals surface area contributed by atoms with Crippen LogP contribution in [-0.4, -0.2) is 57.0 Å². The lowest BCUT2D eigenvalue weighted by molar-refractivity contribution is -0.132. The van der Waals surface area contributed by atoms with E-state index in [0.717, 1.165) is 16.7 Å². The van der Waals surface area contributed by atoms with Gasteiger partial charge >= 0.3 is 0 Å². The second-order valence-electron chi connectivity index (χ2n) is 7.67. The summed E-state index contributed by atoms with van der Waals surface area (Å²) < 4.78 is 5.59. The van der Waals surface area contributed by atoms with Crippen LogP contribution in [0.15, 0.2) is 72.8 Å². The van der Waals surface area contributed by atoms with E-state index in [9.17, 15) is 9.59 Å². The molecule has 0 unspecified atom stereocenters. The van der Waals surface area contributed by atoms with Crippen molar-refractivity contribution < 1.29 is 14.3 Å². The minimum absolute atomic E-state index is 0.0410. The number of carbonyl (C=O) groups excluding carboxylic acids is 2. The third-order valence-corrected chi connectivity index (χ3v) is 5.59. The van der Waals surface area contributed by atoms with Crippen LogP contribution in [0.1, 0.15) is 24.2 Å². The van der Waals surface area contributed by atoms with Gasteiger partial charge in [-0.3, -0.25) is 9.59 Å². The summed E-state index contributed by atoms with van der Waals surface area (Å²) in [6.07, 6.45) is 0. The van der Waals surface area contributed by atoms with E-state index >= 15 is 0 Å². The molecule has 9 nitrogen and oxygen atoms in total. The summed E-state index contributed by atoms with van der Waals surface area (Å²) in [4.78, 5) is 26.8. The molecule has 4 aromatic rings. The SMILES string of the molecule is CCN(CC)C(=O)COc1ccc(C(=O)Nc2ccccc2-c2ccccc2-c2nnn[nH]2)cc1. The normalized spacial score (nSPS) is 10.6. The molecule has 1 aromatic heterocycles. The van der Waals surface area contributed by atoms with E-state index in [1.807, 2.05) is 62.4 Å². The predicted octanol–water partition coefficient (Wildman–Crippen LogP) is 4.03. The monoisotopic (exact) mass is 470 g/mol. The standard InChI is InChI=1S/C26H26N6O3/c1-3-32(4-2)24(33)17-35-19-15-13-18(14-16-19)26(34)27-23-12-8-7-10-21(23)20-9-5-6-11-22(20)25-28-30-31-29-25/h5-16H,3-4,17H2,1-2H3,(H,27,34)(H,28,29,30,31). The summed E-state index contributed by atoms with van der Waals surface area (Å²) in [7, 11) is 0. The van der Waals surface area contributed by atoms with Gasteiger partial charge < -0.3 is 15.0 Å². The molecule has 0 spiro atoms. The number of hydrogen-bond acceptors (Lipinski definition) is 6. The molecule has 35 heavy (non-hydrogen) atoms. The third kappa shape index (κ3) is 5.52. The molecule has 2 N–H and O–H groups in total. The molecule has 178 valence electrons. The van der Waals surface area contributed by atoms with Crippen LogP contribution in [0.2, 0.25) is 0 Å². The summed E-state index contributed by atoms with van der Waals surface area (Å²) >= 11 is 0. The van der Waals surface area contributed by atoms with Gasteiger partial charge in [0.25, 0.3) is 11.8 Å². The Hall–Kier alpha value is -4.53. The van der Waals surface area contributed by atoms with Crippen LogP contribution < -0.4 is 10.1 Å². The second kappa shape index (κ2) is 11.1. The highest BCUT2D eigenvalue weighted by atomic mass is 16.5. The highest BCUT2D eigenvalue weighted by Gasteiger charge is 2.15. The number of amides is 2. The second-order valence-corrected chi connectivity index (χ2v) is 7.67. The molecule has 0 saturated heterocycles. The number of aromatic amines is 1. The first kappa shape index (κ1) is 23.6. The van der Waals surface area contributed by atoms with E-state index in [2.05, 4.69) is 25.9 Å². The number of H-pyrrole nitrogens is 1. The van der Waals surface area contributed by atoms with E-state index < -0.39 is 0 Å². The van der Waals surface area contributed by atoms with Crippen molar-refractivity contribution in [1.82, 2.24) is 25.5 Å². The van der Waals surface area contributed by atoms with E-state index in [-0.39, 0.29) is 18.4 Å². The Bertz CT molecular complexity index is 1280. The number of nitrogens with zero attached hydrogens (tertiary/aromatic N) is 4. The van der Waals surface area contributed by atoms with E-state index in [4.69, 9.17) is 4.74 Å². The Kier molecular flexibility index (Phi) is 7.47. The molecule has 0 atom stereocenters. The fourth-order valence-electron chi connectivity index (χ4n) is 3.73. The smallest absolute Gasteiger partial charge is 0.260 e. The van der Waals surface area contributed by atoms with Crippen molar-refractivity contribution in [2.24, 2.45) is 0 Å². The molecule has 2 amide bonds. The van der Waals surface area contributed by atoms with Gasteiger partial charge in [-0.05, 0) is 60.2 Å². The number of para-hydroxylation sites is 1. The molecule has 1 heterocycles. The van der Waals surface area contributed by atoms with Crippen LogP contribution in [0.5, 0.6) is 5.75 Å². The van der Waals surface area contributed by atoms with Crippen molar-refractivity contribution in [3.05, 3.63) is 78.4 Å². The molecular formula is C26H26N6O3. The summed E-state index contributed by atoms with van der Waals surface area (Å²) in [5, 5.41) is 17.1. The number of ether oxygens (including phenoxy) is 1. The first-order valence-electron chi connectivity index (χ1n) is 11.3. The van der Waals surface area contributed by atoms with Gasteiger partial charge in [-0.25, -0.2) is 5.10 Å². The number of tetrazole rings is 1. The van der Waals surface area contributed by atoms with E-state index in [0.29, 0.717) is 35.9 Å². The van der Waals surface area contributed by atoms with Gasteiger partial charge in [0.05, 0.1) is 0 Å². The average Bonchev–Trinajstić information content (AvgIpc) is 3.44. The molecule has 0 radical (unpaired) electrons. The van der Waals surface area contributed by atoms with Gasteiger partial charge in [0.15, 0.2) is 12.4 Å². The average molecular weight is 471 g/mol. The highest BCUT2D eigenvalue weighted by Crippen LogP contribution is 2.34. The van der Waals surface area contributed by atoms with E-state index in [1.54, 1.807) is 29.2 Å². The predicted molar refractivity (Wildman–Crippen MR) is 133 cm³/mol. The van der Waals surface area contributed by atoms with Gasteiger partial charge in [0.1, 0.15) is 5.75 Å². The number of nitrogens with one attached hydrogen (secondary N) is 2. The lowest BCUT2D eigenvalue weighted by atomic mass is 9.97. The zero-order valence-corrected chi connectivity index (χ0v) is 19.6. The van der Waals surface area contributed by atoms with Crippen LogP contribution in [-0.2, 0) is 4.79 Å². The summed E-state index contributed by atoms with van der Waals surface area (Å²) in [6.45, 7) is 5.09. The van der Waals surface area contributed by atoms with Crippen molar-refractivity contribution in [3.63, 3.8) is 0 Å². The first-order chi connectivity index (χ1) is 17.1. The largest absolute Gasteiger partial charge is 0.484 e. The lowest BCUT2D eigenvalue weighted by Gasteiger charge is -2.18. The summed E-state index contributed by atoms with van der Waals surface area (Å²) in [5.41, 5.74) is 3.66. The quantitative estimate of drug-likeness (QED) is 0.382. The van der Waals surface area contributed by atoms with Crippen LogP contribution in [0.25, 0.3) is 22.5 Å². The molecule has 3 aromatic carbocycles. The number of aromatic nitrogens is 4. The molecule has 0 fully saturated rings. The number of rotatable bonds is 9. The van der Waals surface area contributed by atoms with E-state index in [1.165, 1.54) is 0 Å². The summed E-state index contributed by atoms with van der Waals surface area (Å²) in [6, 6.07) is 22.0. The molecule has 9 heteroatoms. The number of hydrogen-bond donors (Lipinski definition) is 2. The molecule has 0 bridgehead atoms. The number of carbonyl (C=O) groups is 2. The molecule has 0 aliphatic heterocycles. The number of benzene rings is 3. The Labute approximate surface area is 203 Å². The third-order valence-electron chi connectivity index (χ3n) is 5.59. The van der Waals surface area contributed by atoms with Crippen molar-refractivity contribution in [3.8, 4) is 28.3 Å². The maximum Gasteiger partial charge on any atom is 0.260 e. The van der Waals surface area contributed by atoms with Gasteiger partial charge in [0.2, 0.25) is 0 Å². The minimum atomic E-state index is -0.262. The van der Waals surface area contributed by atoms with Crippen LogP contribution in [0, 0.1) is 0 Å². The van der Waals surface area contributed by atoms with Gasteiger partial charge in [-0.15, -0.1) is 5.10 Å². The molecule has 0 aliphatic carbocycles. The Morgan fingerprint density at radius 3 is 2.20 bits per heavy atom. The van der Waals surface area contributed by atoms with Gasteiger partial charge in [-0.2, -0.15) is 0 Å². The summed E-state index contributed by atoms with van der Waals surface area (Å²) in [5.74, 6) is 0.727. The topological polar surface area (TPSA) is 113 Å². The van der Waals surface area contributed by atoms with Crippen LogP contribution in [0.3, 0.4) is 0 Å². The number of anilines is 1. The molecular weight excluding hydrogens is 444 g/mol. The van der Waals surface area contributed by atoms with Crippen LogP contribution in [0.4, 0.5) is 5.69 Å². The Balaban J connectivity index is 1.49. The van der Waals surface area contributed by atoms with Crippen LogP contribution >= 0.6 is 0 Å². The van der Waals surface area contributed by atoms with Crippen molar-refractivity contribution in [2.75, 3.05) is 25.0 Å². The van der Waals surface area contributed by atoms with Crippen molar-refractivity contribution in [1.29, 1.82) is 0 Å². The lowest BCUT2D eigenvalue weighted by Crippen LogP contribution is -2.34. The van der Waals surface area contributed by atoms with Gasteiger partial charge in [-0.1, -0.05) is 42.5 Å². The fourth-order valence-corrected chi connectivity index (χ4v) is 3.73. The highest BCUT2D eigenvalue weighted by molar-refractivity contribution is 6.06. The number of likely N-dealkylation sites (N-methyl/N-ethyl adjacent to an activating group) is 1.